The van der Waals surface area contributed by atoms with Gasteiger partial charge >= 0.3 is 0 Å². The van der Waals surface area contributed by atoms with Gasteiger partial charge < -0.3 is 10.2 Å². The van der Waals surface area contributed by atoms with Crippen LogP contribution in [0.5, 0.6) is 0 Å². The van der Waals surface area contributed by atoms with Crippen molar-refractivity contribution in [3.63, 3.8) is 0 Å². The summed E-state index contributed by atoms with van der Waals surface area (Å²) in [5.74, 6) is 0.806. The van der Waals surface area contributed by atoms with Gasteiger partial charge in [0.25, 0.3) is 0 Å². The maximum absolute atomic E-state index is 12.0. The van der Waals surface area contributed by atoms with Crippen LogP contribution in [-0.4, -0.2) is 19.0 Å². The molecular formula is C18H22N2OS. The summed E-state index contributed by atoms with van der Waals surface area (Å²) in [7, 11) is 0. The number of nitrogens with one attached hydrogen (secondary N) is 1. The molecule has 1 aliphatic heterocycles. The zero-order valence-corrected chi connectivity index (χ0v) is 13.7. The van der Waals surface area contributed by atoms with Crippen LogP contribution in [0.25, 0.3) is 0 Å². The fourth-order valence-corrected chi connectivity index (χ4v) is 3.66. The highest BCUT2D eigenvalue weighted by Crippen LogP contribution is 2.24. The molecule has 0 aliphatic carbocycles. The molecule has 3 rings (SSSR count). The number of carbonyl (C=O) groups is 1. The van der Waals surface area contributed by atoms with E-state index in [0.29, 0.717) is 6.42 Å². The molecule has 2 heterocycles. The van der Waals surface area contributed by atoms with E-state index in [-0.39, 0.29) is 5.91 Å². The van der Waals surface area contributed by atoms with Crippen LogP contribution in [0.15, 0.2) is 41.8 Å². The SMILES string of the molecule is CC1CCCN(c2ccc(NC(=O)Cc3cccs3)cc2)C1. The van der Waals surface area contributed by atoms with Crippen molar-refractivity contribution in [3.05, 3.63) is 46.7 Å². The van der Waals surface area contributed by atoms with E-state index in [9.17, 15) is 4.79 Å². The van der Waals surface area contributed by atoms with E-state index in [1.54, 1.807) is 11.3 Å². The quantitative estimate of drug-likeness (QED) is 0.919. The highest BCUT2D eigenvalue weighted by atomic mass is 32.1. The van der Waals surface area contributed by atoms with Gasteiger partial charge in [-0.3, -0.25) is 4.79 Å². The molecule has 1 N–H and O–H groups in total. The summed E-state index contributed by atoms with van der Waals surface area (Å²) in [5, 5.41) is 4.97. The third-order valence-corrected chi connectivity index (χ3v) is 4.96. The van der Waals surface area contributed by atoms with Crippen LogP contribution in [0, 0.1) is 5.92 Å². The van der Waals surface area contributed by atoms with Gasteiger partial charge in [-0.1, -0.05) is 13.0 Å². The fourth-order valence-electron chi connectivity index (χ4n) is 2.96. The molecule has 0 bridgehead atoms. The lowest BCUT2D eigenvalue weighted by atomic mass is 10.00. The Kier molecular flexibility index (Phi) is 4.78. The van der Waals surface area contributed by atoms with Gasteiger partial charge in [0.2, 0.25) is 5.91 Å². The molecule has 1 fully saturated rings. The Morgan fingerprint density at radius 3 is 2.82 bits per heavy atom. The van der Waals surface area contributed by atoms with Crippen LogP contribution < -0.4 is 10.2 Å². The largest absolute Gasteiger partial charge is 0.371 e. The predicted molar refractivity (Wildman–Crippen MR) is 93.7 cm³/mol. The second kappa shape index (κ2) is 6.97. The minimum Gasteiger partial charge on any atom is -0.371 e. The van der Waals surface area contributed by atoms with Crippen molar-refractivity contribution < 1.29 is 4.79 Å². The molecule has 0 radical (unpaired) electrons. The lowest BCUT2D eigenvalue weighted by Gasteiger charge is -2.32. The zero-order chi connectivity index (χ0) is 15.4. The average molecular weight is 314 g/mol. The third kappa shape index (κ3) is 3.89. The first kappa shape index (κ1) is 15.1. The van der Waals surface area contributed by atoms with E-state index < -0.39 is 0 Å². The Morgan fingerprint density at radius 1 is 1.32 bits per heavy atom. The summed E-state index contributed by atoms with van der Waals surface area (Å²) in [5.41, 5.74) is 2.12. The van der Waals surface area contributed by atoms with Gasteiger partial charge in [-0.2, -0.15) is 0 Å². The number of anilines is 2. The molecule has 1 amide bonds. The minimum absolute atomic E-state index is 0.0433. The van der Waals surface area contributed by atoms with Crippen LogP contribution in [0.2, 0.25) is 0 Å². The Labute approximate surface area is 136 Å². The van der Waals surface area contributed by atoms with Gasteiger partial charge in [-0.25, -0.2) is 0 Å². The average Bonchev–Trinajstić information content (AvgIpc) is 3.01. The van der Waals surface area contributed by atoms with Crippen LogP contribution in [-0.2, 0) is 11.2 Å². The number of hydrogen-bond donors (Lipinski definition) is 1. The van der Waals surface area contributed by atoms with E-state index in [0.717, 1.165) is 29.6 Å². The molecule has 1 aliphatic rings. The number of piperidine rings is 1. The third-order valence-electron chi connectivity index (χ3n) is 4.09. The lowest BCUT2D eigenvalue weighted by Crippen LogP contribution is -2.34. The number of hydrogen-bond acceptors (Lipinski definition) is 3. The first-order chi connectivity index (χ1) is 10.7. The Balaban J connectivity index is 1.58. The van der Waals surface area contributed by atoms with E-state index in [1.165, 1.54) is 18.5 Å². The topological polar surface area (TPSA) is 32.3 Å². The lowest BCUT2D eigenvalue weighted by molar-refractivity contribution is -0.115. The van der Waals surface area contributed by atoms with Crippen molar-refractivity contribution in [1.29, 1.82) is 0 Å². The zero-order valence-electron chi connectivity index (χ0n) is 12.9. The number of rotatable bonds is 4. The first-order valence-electron chi connectivity index (χ1n) is 7.88. The van der Waals surface area contributed by atoms with Crippen LogP contribution in [0.3, 0.4) is 0 Å². The Bertz CT molecular complexity index is 607. The van der Waals surface area contributed by atoms with E-state index in [2.05, 4.69) is 29.3 Å². The summed E-state index contributed by atoms with van der Waals surface area (Å²) < 4.78 is 0. The molecule has 22 heavy (non-hydrogen) atoms. The summed E-state index contributed by atoms with van der Waals surface area (Å²) in [6, 6.07) is 12.2. The number of carbonyl (C=O) groups excluding carboxylic acids is 1. The second-order valence-electron chi connectivity index (χ2n) is 6.04. The number of nitrogens with zero attached hydrogens (tertiary/aromatic N) is 1. The molecule has 0 saturated carbocycles. The molecule has 0 spiro atoms. The summed E-state index contributed by atoms with van der Waals surface area (Å²) in [6.45, 7) is 4.57. The molecule has 1 aromatic carbocycles. The summed E-state index contributed by atoms with van der Waals surface area (Å²) in [4.78, 5) is 15.5. The van der Waals surface area contributed by atoms with Gasteiger partial charge in [-0.05, 0) is 54.5 Å². The van der Waals surface area contributed by atoms with Gasteiger partial charge in [0.1, 0.15) is 0 Å². The Hall–Kier alpha value is -1.81. The molecule has 1 aromatic heterocycles. The van der Waals surface area contributed by atoms with Crippen molar-refractivity contribution >= 4 is 28.6 Å². The van der Waals surface area contributed by atoms with Crippen molar-refractivity contribution in [2.45, 2.75) is 26.2 Å². The maximum atomic E-state index is 12.0. The van der Waals surface area contributed by atoms with Crippen LogP contribution in [0.4, 0.5) is 11.4 Å². The molecule has 1 unspecified atom stereocenters. The van der Waals surface area contributed by atoms with E-state index >= 15 is 0 Å². The predicted octanol–water partition coefficient (Wildman–Crippen LogP) is 4.17. The first-order valence-corrected chi connectivity index (χ1v) is 8.76. The Morgan fingerprint density at radius 2 is 2.14 bits per heavy atom. The number of benzene rings is 1. The molecule has 4 heteroatoms. The van der Waals surface area contributed by atoms with Gasteiger partial charge in [-0.15, -0.1) is 11.3 Å². The molecule has 2 aromatic rings. The molecule has 3 nitrogen and oxygen atoms in total. The molecular weight excluding hydrogens is 292 g/mol. The molecule has 1 saturated heterocycles. The maximum Gasteiger partial charge on any atom is 0.229 e. The smallest absolute Gasteiger partial charge is 0.229 e. The van der Waals surface area contributed by atoms with Gasteiger partial charge in [0, 0.05) is 29.3 Å². The van der Waals surface area contributed by atoms with E-state index in [1.807, 2.05) is 29.6 Å². The highest BCUT2D eigenvalue weighted by molar-refractivity contribution is 7.10. The van der Waals surface area contributed by atoms with Crippen molar-refractivity contribution in [3.8, 4) is 0 Å². The van der Waals surface area contributed by atoms with Gasteiger partial charge in [0.15, 0.2) is 0 Å². The van der Waals surface area contributed by atoms with Gasteiger partial charge in [0.05, 0.1) is 6.42 Å². The highest BCUT2D eigenvalue weighted by Gasteiger charge is 2.16. The number of thiophene rings is 1. The van der Waals surface area contributed by atoms with Crippen molar-refractivity contribution in [2.24, 2.45) is 5.92 Å². The van der Waals surface area contributed by atoms with Crippen molar-refractivity contribution in [2.75, 3.05) is 23.3 Å². The minimum atomic E-state index is 0.0433. The molecule has 1 atom stereocenters. The normalized spacial score (nSPS) is 18.2. The van der Waals surface area contributed by atoms with Crippen molar-refractivity contribution in [1.82, 2.24) is 0 Å². The second-order valence-corrected chi connectivity index (χ2v) is 7.08. The summed E-state index contributed by atoms with van der Waals surface area (Å²) >= 11 is 1.62. The monoisotopic (exact) mass is 314 g/mol. The number of amides is 1. The molecule has 116 valence electrons. The standard InChI is InChI=1S/C18H22N2OS/c1-14-4-2-10-20(13-14)16-8-6-15(7-9-16)19-18(21)12-17-5-3-11-22-17/h3,5-9,11,14H,2,4,10,12-13H2,1H3,(H,19,21). The summed E-state index contributed by atoms with van der Waals surface area (Å²) in [6.07, 6.45) is 3.04. The fraction of sp³-hybridized carbons (Fsp3) is 0.389. The van der Waals surface area contributed by atoms with Crippen LogP contribution in [0.1, 0.15) is 24.6 Å². The van der Waals surface area contributed by atoms with Crippen LogP contribution >= 0.6 is 11.3 Å². The van der Waals surface area contributed by atoms with E-state index in [4.69, 9.17) is 0 Å².